The second kappa shape index (κ2) is 8.17. The van der Waals surface area contributed by atoms with Crippen LogP contribution in [0.4, 0.5) is 0 Å². The van der Waals surface area contributed by atoms with E-state index >= 15 is 0 Å². The lowest BCUT2D eigenvalue weighted by Gasteiger charge is -2.44. The molecular weight excluding hydrogens is 400 g/mol. The van der Waals surface area contributed by atoms with Gasteiger partial charge in [-0.05, 0) is 41.9 Å². The van der Waals surface area contributed by atoms with Gasteiger partial charge in [0.2, 0.25) is 5.82 Å². The first-order valence-electron chi connectivity index (χ1n) is 11.5. The fraction of sp³-hybridized carbons (Fsp3) is 0.423. The molecule has 5 rings (SSSR count). The molecule has 6 nitrogen and oxygen atoms in total. The van der Waals surface area contributed by atoms with Gasteiger partial charge < -0.3 is 9.64 Å². The number of piperidine rings is 1. The van der Waals surface area contributed by atoms with Crippen LogP contribution in [0.1, 0.15) is 59.9 Å². The summed E-state index contributed by atoms with van der Waals surface area (Å²) >= 11 is 0. The summed E-state index contributed by atoms with van der Waals surface area (Å²) in [6, 6.07) is 16.9. The van der Waals surface area contributed by atoms with Gasteiger partial charge in [0.15, 0.2) is 5.82 Å². The van der Waals surface area contributed by atoms with Crippen molar-refractivity contribution in [1.82, 2.24) is 19.7 Å². The van der Waals surface area contributed by atoms with E-state index in [0.29, 0.717) is 24.8 Å². The molecule has 1 fully saturated rings. The Morgan fingerprint density at radius 3 is 2.50 bits per heavy atom. The maximum atomic E-state index is 13.2. The van der Waals surface area contributed by atoms with Crippen LogP contribution in [-0.4, -0.2) is 45.3 Å². The number of likely N-dealkylation sites (tertiary alicyclic amines) is 1. The van der Waals surface area contributed by atoms with Crippen molar-refractivity contribution in [1.29, 1.82) is 0 Å². The van der Waals surface area contributed by atoms with Crippen LogP contribution in [0.2, 0.25) is 0 Å². The van der Waals surface area contributed by atoms with Gasteiger partial charge in [0.25, 0.3) is 5.91 Å². The van der Waals surface area contributed by atoms with E-state index < -0.39 is 0 Å². The lowest BCUT2D eigenvalue weighted by Crippen LogP contribution is -2.48. The number of hydrogen-bond donors (Lipinski definition) is 0. The third-order valence-electron chi connectivity index (χ3n) is 6.91. The Labute approximate surface area is 189 Å². The van der Waals surface area contributed by atoms with Crippen molar-refractivity contribution in [3.05, 3.63) is 71.0 Å². The Morgan fingerprint density at radius 1 is 1.06 bits per heavy atom. The number of carbonyl (C=O) groups excluding carboxylic acids is 1. The van der Waals surface area contributed by atoms with E-state index in [9.17, 15) is 4.79 Å². The van der Waals surface area contributed by atoms with Crippen LogP contribution in [0.15, 0.2) is 48.5 Å². The summed E-state index contributed by atoms with van der Waals surface area (Å²) in [5.74, 6) is 1.34. The van der Waals surface area contributed by atoms with Gasteiger partial charge in [-0.15, -0.1) is 5.10 Å². The van der Waals surface area contributed by atoms with E-state index in [0.717, 1.165) is 31.4 Å². The lowest BCUT2D eigenvalue weighted by molar-refractivity contribution is -0.0935. The molecule has 1 spiro atoms. The van der Waals surface area contributed by atoms with Crippen molar-refractivity contribution in [3.8, 4) is 11.4 Å². The molecule has 1 amide bonds. The number of rotatable bonds is 3. The lowest BCUT2D eigenvalue weighted by atomic mass is 9.79. The maximum Gasteiger partial charge on any atom is 0.293 e. The SMILES string of the molecule is CC(C)c1ccc(-c2nc(C(=O)N3CCC4(CC3)OCCc3ccccc34)nn2C)cc1. The van der Waals surface area contributed by atoms with Crippen molar-refractivity contribution in [2.45, 2.75) is 44.6 Å². The Morgan fingerprint density at radius 2 is 1.78 bits per heavy atom. The summed E-state index contributed by atoms with van der Waals surface area (Å²) in [4.78, 5) is 19.7. The van der Waals surface area contributed by atoms with Crippen LogP contribution in [0.5, 0.6) is 0 Å². The molecular formula is C26H30N4O2. The van der Waals surface area contributed by atoms with Crippen molar-refractivity contribution in [2.24, 2.45) is 7.05 Å². The Balaban J connectivity index is 1.32. The first kappa shape index (κ1) is 20.9. The minimum absolute atomic E-state index is 0.107. The Hall–Kier alpha value is -2.99. The summed E-state index contributed by atoms with van der Waals surface area (Å²) in [7, 11) is 1.84. The zero-order valence-corrected chi connectivity index (χ0v) is 19.0. The molecule has 1 saturated heterocycles. The number of benzene rings is 2. The fourth-order valence-electron chi connectivity index (χ4n) is 4.99. The summed E-state index contributed by atoms with van der Waals surface area (Å²) < 4.78 is 8.00. The highest BCUT2D eigenvalue weighted by molar-refractivity contribution is 5.91. The topological polar surface area (TPSA) is 60.3 Å². The Kier molecular flexibility index (Phi) is 5.33. The van der Waals surface area contributed by atoms with Crippen LogP contribution in [-0.2, 0) is 23.8 Å². The molecule has 0 radical (unpaired) electrons. The number of aromatic nitrogens is 3. The number of amides is 1. The van der Waals surface area contributed by atoms with Gasteiger partial charge in [-0.2, -0.15) is 0 Å². The summed E-state index contributed by atoms with van der Waals surface area (Å²) in [6.07, 6.45) is 2.55. The van der Waals surface area contributed by atoms with Crippen molar-refractivity contribution in [2.75, 3.05) is 19.7 Å². The van der Waals surface area contributed by atoms with Gasteiger partial charge in [-0.1, -0.05) is 62.4 Å². The average Bonchev–Trinajstić information content (AvgIpc) is 3.21. The number of hydrogen-bond acceptors (Lipinski definition) is 4. The van der Waals surface area contributed by atoms with E-state index in [4.69, 9.17) is 4.74 Å². The molecule has 32 heavy (non-hydrogen) atoms. The zero-order chi connectivity index (χ0) is 22.3. The standard InChI is InChI=1S/C26H30N4O2/c1-18(2)19-8-10-21(11-9-19)24-27-23(28-29(24)3)25(31)30-15-13-26(14-16-30)22-7-5-4-6-20(22)12-17-32-26/h4-11,18H,12-17H2,1-3H3. The average molecular weight is 431 g/mol. The number of ether oxygens (including phenoxy) is 1. The molecule has 0 aliphatic carbocycles. The quantitative estimate of drug-likeness (QED) is 0.621. The largest absolute Gasteiger partial charge is 0.370 e. The number of fused-ring (bicyclic) bond motifs is 2. The predicted molar refractivity (Wildman–Crippen MR) is 123 cm³/mol. The molecule has 6 heteroatoms. The fourth-order valence-corrected chi connectivity index (χ4v) is 4.99. The van der Waals surface area contributed by atoms with E-state index in [-0.39, 0.29) is 17.3 Å². The van der Waals surface area contributed by atoms with Crippen LogP contribution in [0.25, 0.3) is 11.4 Å². The smallest absolute Gasteiger partial charge is 0.293 e. The summed E-state index contributed by atoms with van der Waals surface area (Å²) in [5.41, 5.74) is 4.64. The van der Waals surface area contributed by atoms with E-state index in [1.165, 1.54) is 16.7 Å². The number of carbonyl (C=O) groups is 1. The highest BCUT2D eigenvalue weighted by Crippen LogP contribution is 2.41. The summed E-state index contributed by atoms with van der Waals surface area (Å²) in [5, 5.41) is 4.44. The third kappa shape index (κ3) is 3.62. The molecule has 3 aromatic rings. The molecule has 3 heterocycles. The zero-order valence-electron chi connectivity index (χ0n) is 19.0. The van der Waals surface area contributed by atoms with Gasteiger partial charge in [0.1, 0.15) is 0 Å². The molecule has 2 aliphatic rings. The molecule has 166 valence electrons. The first-order valence-corrected chi connectivity index (χ1v) is 11.5. The molecule has 0 N–H and O–H groups in total. The minimum atomic E-state index is -0.271. The van der Waals surface area contributed by atoms with E-state index in [1.54, 1.807) is 4.68 Å². The van der Waals surface area contributed by atoms with Crippen molar-refractivity contribution < 1.29 is 9.53 Å². The number of nitrogens with zero attached hydrogens (tertiary/aromatic N) is 4. The van der Waals surface area contributed by atoms with E-state index in [1.807, 2.05) is 11.9 Å². The maximum absolute atomic E-state index is 13.2. The summed E-state index contributed by atoms with van der Waals surface area (Å²) in [6.45, 7) is 6.38. The molecule has 2 aliphatic heterocycles. The monoisotopic (exact) mass is 430 g/mol. The first-order chi connectivity index (χ1) is 15.5. The van der Waals surface area contributed by atoms with Gasteiger partial charge in [-0.25, -0.2) is 9.67 Å². The minimum Gasteiger partial charge on any atom is -0.370 e. The molecule has 1 aromatic heterocycles. The highest BCUT2D eigenvalue weighted by atomic mass is 16.5. The van der Waals surface area contributed by atoms with E-state index in [2.05, 4.69) is 72.5 Å². The second-order valence-corrected chi connectivity index (χ2v) is 9.20. The molecule has 0 saturated carbocycles. The molecule has 0 unspecified atom stereocenters. The molecule has 2 aromatic carbocycles. The third-order valence-corrected chi connectivity index (χ3v) is 6.91. The predicted octanol–water partition coefficient (Wildman–Crippen LogP) is 4.31. The normalized spacial score (nSPS) is 17.6. The van der Waals surface area contributed by atoms with Gasteiger partial charge in [0.05, 0.1) is 12.2 Å². The van der Waals surface area contributed by atoms with Gasteiger partial charge in [-0.3, -0.25) is 4.79 Å². The Bertz CT molecular complexity index is 1120. The number of aryl methyl sites for hydroxylation is 1. The molecule has 0 atom stereocenters. The van der Waals surface area contributed by atoms with Crippen LogP contribution in [0.3, 0.4) is 0 Å². The van der Waals surface area contributed by atoms with Crippen molar-refractivity contribution >= 4 is 5.91 Å². The highest BCUT2D eigenvalue weighted by Gasteiger charge is 2.42. The van der Waals surface area contributed by atoms with Gasteiger partial charge in [0, 0.05) is 25.7 Å². The molecule has 0 bridgehead atoms. The van der Waals surface area contributed by atoms with Crippen LogP contribution in [0, 0.1) is 0 Å². The van der Waals surface area contributed by atoms with Gasteiger partial charge >= 0.3 is 0 Å². The van der Waals surface area contributed by atoms with Crippen molar-refractivity contribution in [3.63, 3.8) is 0 Å². The second-order valence-electron chi connectivity index (χ2n) is 9.20. The van der Waals surface area contributed by atoms with Crippen LogP contribution >= 0.6 is 0 Å². The van der Waals surface area contributed by atoms with Crippen LogP contribution < -0.4 is 0 Å².